The predicted octanol–water partition coefficient (Wildman–Crippen LogP) is 13.5. The molecule has 0 saturated carbocycles. The smallest absolute Gasteiger partial charge is 0.0468 e. The van der Waals surface area contributed by atoms with Gasteiger partial charge in [-0.15, -0.1) is 0 Å². The third-order valence-corrected chi connectivity index (χ3v) is 11.8. The van der Waals surface area contributed by atoms with Crippen molar-refractivity contribution in [2.45, 2.75) is 45.4 Å². The summed E-state index contributed by atoms with van der Waals surface area (Å²) in [4.78, 5) is 2.44. The van der Waals surface area contributed by atoms with Gasteiger partial charge in [0.1, 0.15) is 0 Å². The Morgan fingerprint density at radius 3 is 1.68 bits per heavy atom. The Bertz CT molecular complexity index is 2710. The zero-order valence-electron chi connectivity index (χ0n) is 29.3. The molecule has 2 aliphatic rings. The molecule has 0 spiro atoms. The molecule has 0 saturated heterocycles. The average Bonchev–Trinajstić information content (AvgIpc) is 3.52. The minimum absolute atomic E-state index is 0.113. The lowest BCUT2D eigenvalue weighted by molar-refractivity contribution is 0.661. The molecular weight excluding hydrogens is 603 g/mol. The Hall–Kier alpha value is -5.66. The summed E-state index contributed by atoms with van der Waals surface area (Å²) in [6, 6.07) is 54.8. The first-order chi connectivity index (χ1) is 24.2. The fourth-order valence-electron chi connectivity index (χ4n) is 9.42. The quantitative estimate of drug-likeness (QED) is 0.186. The van der Waals surface area contributed by atoms with Crippen molar-refractivity contribution in [3.05, 3.63) is 173 Å². The van der Waals surface area contributed by atoms with Crippen molar-refractivity contribution in [3.63, 3.8) is 0 Å². The van der Waals surface area contributed by atoms with Crippen LogP contribution < -0.4 is 4.90 Å². The van der Waals surface area contributed by atoms with E-state index >= 15 is 0 Å². The molecule has 0 heterocycles. The first-order valence-electron chi connectivity index (χ1n) is 17.9. The van der Waals surface area contributed by atoms with E-state index in [1.807, 2.05) is 0 Å². The van der Waals surface area contributed by atoms with Gasteiger partial charge < -0.3 is 4.90 Å². The van der Waals surface area contributed by atoms with Gasteiger partial charge in [0.2, 0.25) is 0 Å². The number of rotatable bonds is 3. The lowest BCUT2D eigenvalue weighted by Gasteiger charge is -2.29. The largest absolute Gasteiger partial charge is 0.310 e. The molecule has 2 aliphatic carbocycles. The number of nitrogens with zero attached hydrogens (tertiary/aromatic N) is 1. The van der Waals surface area contributed by atoms with Gasteiger partial charge in [-0.05, 0) is 120 Å². The van der Waals surface area contributed by atoms with Crippen LogP contribution in [0.15, 0.2) is 146 Å². The van der Waals surface area contributed by atoms with Gasteiger partial charge in [-0.25, -0.2) is 0 Å². The van der Waals surface area contributed by atoms with E-state index in [9.17, 15) is 0 Å². The normalized spacial score (nSPS) is 14.8. The van der Waals surface area contributed by atoms with Crippen molar-refractivity contribution >= 4 is 49.4 Å². The van der Waals surface area contributed by atoms with Crippen molar-refractivity contribution in [1.29, 1.82) is 0 Å². The molecule has 8 aromatic carbocycles. The van der Waals surface area contributed by atoms with Crippen LogP contribution in [-0.4, -0.2) is 0 Å². The number of aryl methyl sites for hydroxylation is 1. The Labute approximate surface area is 294 Å². The molecule has 10 rings (SSSR count). The monoisotopic (exact) mass is 641 g/mol. The molecule has 0 N–H and O–H groups in total. The van der Waals surface area contributed by atoms with Gasteiger partial charge in [0, 0.05) is 27.9 Å². The summed E-state index contributed by atoms with van der Waals surface area (Å²) in [5.41, 5.74) is 15.6. The maximum absolute atomic E-state index is 2.45. The average molecular weight is 642 g/mol. The van der Waals surface area contributed by atoms with Crippen molar-refractivity contribution in [1.82, 2.24) is 0 Å². The van der Waals surface area contributed by atoms with E-state index in [4.69, 9.17) is 0 Å². The van der Waals surface area contributed by atoms with Gasteiger partial charge in [-0.2, -0.15) is 0 Å². The van der Waals surface area contributed by atoms with Crippen LogP contribution in [0.4, 0.5) is 17.1 Å². The Morgan fingerprint density at radius 1 is 0.400 bits per heavy atom. The summed E-state index contributed by atoms with van der Waals surface area (Å²) < 4.78 is 0. The molecule has 0 amide bonds. The van der Waals surface area contributed by atoms with Crippen LogP contribution in [0.2, 0.25) is 0 Å². The molecule has 0 radical (unpaired) electrons. The first kappa shape index (κ1) is 29.3. The van der Waals surface area contributed by atoms with E-state index in [1.165, 1.54) is 93.8 Å². The minimum atomic E-state index is -0.117. The van der Waals surface area contributed by atoms with Gasteiger partial charge in [-0.3, -0.25) is 0 Å². The Kier molecular flexibility index (Phi) is 5.96. The molecule has 0 aliphatic heterocycles. The molecule has 240 valence electrons. The summed E-state index contributed by atoms with van der Waals surface area (Å²) in [5.74, 6) is 0. The van der Waals surface area contributed by atoms with Crippen molar-refractivity contribution < 1.29 is 0 Å². The van der Waals surface area contributed by atoms with Crippen LogP contribution in [0.25, 0.3) is 54.6 Å². The van der Waals surface area contributed by atoms with Crippen LogP contribution in [0.3, 0.4) is 0 Å². The van der Waals surface area contributed by atoms with Gasteiger partial charge in [0.25, 0.3) is 0 Å². The summed E-state index contributed by atoms with van der Waals surface area (Å²) in [7, 11) is 0. The highest BCUT2D eigenvalue weighted by Gasteiger charge is 2.39. The zero-order chi connectivity index (χ0) is 33.9. The molecule has 1 heteroatoms. The standard InChI is InChI=1S/C49H39N/c1-30-14-19-34(20-15-30)50(36-22-26-42-44(29-36)48(2,3)43-27-18-31-10-6-8-12-37(31)45(42)43)35-21-25-39-33(28-35)17-24-41-40-23-16-32-11-7-9-13-38(32)46(40)49(4,5)47(39)41/h6-29H,1-5H3. The van der Waals surface area contributed by atoms with Gasteiger partial charge in [-0.1, -0.05) is 142 Å². The van der Waals surface area contributed by atoms with E-state index in [0.29, 0.717) is 0 Å². The van der Waals surface area contributed by atoms with Crippen molar-refractivity contribution in [2.24, 2.45) is 0 Å². The highest BCUT2D eigenvalue weighted by molar-refractivity contribution is 6.05. The number of fused-ring (bicyclic) bond motifs is 12. The highest BCUT2D eigenvalue weighted by Crippen LogP contribution is 2.55. The molecule has 0 fully saturated rings. The number of anilines is 3. The summed E-state index contributed by atoms with van der Waals surface area (Å²) in [6.45, 7) is 11.7. The maximum Gasteiger partial charge on any atom is 0.0468 e. The van der Waals surface area contributed by atoms with Crippen LogP contribution in [0.5, 0.6) is 0 Å². The molecular formula is C49H39N. The maximum atomic E-state index is 2.45. The van der Waals surface area contributed by atoms with Crippen LogP contribution in [0.1, 0.15) is 55.5 Å². The number of hydrogen-bond acceptors (Lipinski definition) is 1. The molecule has 50 heavy (non-hydrogen) atoms. The lowest BCUT2D eigenvalue weighted by Crippen LogP contribution is -2.17. The van der Waals surface area contributed by atoms with Crippen molar-refractivity contribution in [2.75, 3.05) is 4.90 Å². The number of benzene rings is 8. The fraction of sp³-hybridized carbons (Fsp3) is 0.143. The summed E-state index contributed by atoms with van der Waals surface area (Å²) in [6.07, 6.45) is 0. The fourth-order valence-corrected chi connectivity index (χ4v) is 9.42. The van der Waals surface area contributed by atoms with Gasteiger partial charge in [0.15, 0.2) is 0 Å². The van der Waals surface area contributed by atoms with E-state index in [0.717, 1.165) is 5.69 Å². The number of hydrogen-bond donors (Lipinski definition) is 0. The molecule has 0 unspecified atom stereocenters. The van der Waals surface area contributed by atoms with Crippen molar-refractivity contribution in [3.8, 4) is 22.3 Å². The summed E-state index contributed by atoms with van der Waals surface area (Å²) >= 11 is 0. The molecule has 1 nitrogen and oxygen atoms in total. The third kappa shape index (κ3) is 3.95. The van der Waals surface area contributed by atoms with E-state index in [1.54, 1.807) is 0 Å². The second kappa shape index (κ2) is 10.2. The van der Waals surface area contributed by atoms with Crippen LogP contribution in [-0.2, 0) is 10.8 Å². The van der Waals surface area contributed by atoms with E-state index in [2.05, 4.69) is 185 Å². The second-order valence-electron chi connectivity index (χ2n) is 15.5. The molecule has 0 aromatic heterocycles. The van der Waals surface area contributed by atoms with Crippen LogP contribution >= 0.6 is 0 Å². The van der Waals surface area contributed by atoms with Gasteiger partial charge >= 0.3 is 0 Å². The Morgan fingerprint density at radius 2 is 0.940 bits per heavy atom. The van der Waals surface area contributed by atoms with E-state index < -0.39 is 0 Å². The molecule has 8 aromatic rings. The molecule has 0 bridgehead atoms. The SMILES string of the molecule is Cc1ccc(N(c2ccc3c(c2)C(C)(C)c2ccc4ccccc4c2-3)c2ccc3c4c(ccc3c2)-c2ccc3ccccc3c2C4(C)C)cc1. The third-order valence-electron chi connectivity index (χ3n) is 11.8. The molecule has 0 atom stereocenters. The predicted molar refractivity (Wildman–Crippen MR) is 214 cm³/mol. The van der Waals surface area contributed by atoms with Gasteiger partial charge in [0.05, 0.1) is 0 Å². The minimum Gasteiger partial charge on any atom is -0.310 e. The second-order valence-corrected chi connectivity index (χ2v) is 15.5. The Balaban J connectivity index is 1.15. The highest BCUT2D eigenvalue weighted by atomic mass is 15.1. The van der Waals surface area contributed by atoms with E-state index in [-0.39, 0.29) is 10.8 Å². The first-order valence-corrected chi connectivity index (χ1v) is 17.9. The topological polar surface area (TPSA) is 3.24 Å². The lowest BCUT2D eigenvalue weighted by atomic mass is 9.78. The van der Waals surface area contributed by atoms with Crippen LogP contribution in [0, 0.1) is 6.92 Å². The summed E-state index contributed by atoms with van der Waals surface area (Å²) in [5, 5.41) is 7.89. The zero-order valence-corrected chi connectivity index (χ0v) is 29.3.